The average molecular weight is 519 g/mol. The number of carbonyl (C=O) groups excluding carboxylic acids is 2. The molecule has 0 amide bonds. The van der Waals surface area contributed by atoms with Crippen molar-refractivity contribution in [3.63, 3.8) is 0 Å². The first-order chi connectivity index (χ1) is 18.2. The Morgan fingerprint density at radius 2 is 1.05 bits per heavy atom. The molecule has 0 unspecified atom stereocenters. The van der Waals surface area contributed by atoms with E-state index in [4.69, 9.17) is 14.2 Å². The Kier molecular flexibility index (Phi) is 21.9. The third-order valence-corrected chi connectivity index (χ3v) is 6.70. The van der Waals surface area contributed by atoms with E-state index in [9.17, 15) is 9.59 Å². The molecule has 5 nitrogen and oxygen atoms in total. The van der Waals surface area contributed by atoms with Gasteiger partial charge in [0.25, 0.3) is 0 Å². The van der Waals surface area contributed by atoms with Crippen LogP contribution < -0.4 is 0 Å². The minimum absolute atomic E-state index is 0.394. The van der Waals surface area contributed by atoms with Crippen LogP contribution in [0.25, 0.3) is 0 Å². The molecule has 1 aromatic carbocycles. The van der Waals surface area contributed by atoms with Crippen molar-refractivity contribution >= 4 is 11.9 Å². The van der Waals surface area contributed by atoms with Gasteiger partial charge in [0.1, 0.15) is 0 Å². The third-order valence-electron chi connectivity index (χ3n) is 6.70. The molecule has 0 aromatic heterocycles. The van der Waals surface area contributed by atoms with Crippen LogP contribution in [0.1, 0.15) is 129 Å². The Morgan fingerprint density at radius 1 is 0.595 bits per heavy atom. The minimum atomic E-state index is -0.797. The zero-order chi connectivity index (χ0) is 26.8. The fourth-order valence-corrected chi connectivity index (χ4v) is 4.31. The molecule has 0 bridgehead atoms. The molecule has 0 fully saturated rings. The number of hydrogen-bond acceptors (Lipinski definition) is 5. The summed E-state index contributed by atoms with van der Waals surface area (Å²) in [5.41, 5.74) is 1.18. The fourth-order valence-electron chi connectivity index (χ4n) is 4.31. The maximum Gasteiger partial charge on any atom is 0.320 e. The van der Waals surface area contributed by atoms with Gasteiger partial charge in [-0.25, -0.2) is 0 Å². The van der Waals surface area contributed by atoms with Crippen molar-refractivity contribution in [2.75, 3.05) is 19.8 Å². The maximum atomic E-state index is 12.7. The molecule has 37 heavy (non-hydrogen) atoms. The molecule has 0 atom stereocenters. The van der Waals surface area contributed by atoms with Crippen LogP contribution in [0.15, 0.2) is 30.3 Å². The van der Waals surface area contributed by atoms with Crippen LogP contribution in [-0.2, 0) is 30.4 Å². The highest BCUT2D eigenvalue weighted by Gasteiger charge is 2.29. The van der Waals surface area contributed by atoms with Crippen molar-refractivity contribution in [2.45, 2.75) is 130 Å². The van der Waals surface area contributed by atoms with E-state index in [2.05, 4.69) is 26.0 Å². The molecule has 0 aliphatic rings. The topological polar surface area (TPSA) is 61.8 Å². The van der Waals surface area contributed by atoms with E-state index in [0.717, 1.165) is 58.0 Å². The molecule has 0 saturated heterocycles. The number of rotatable bonds is 25. The van der Waals surface area contributed by atoms with Gasteiger partial charge in [0.15, 0.2) is 5.92 Å². The van der Waals surface area contributed by atoms with Crippen molar-refractivity contribution in [1.82, 2.24) is 0 Å². The Bertz CT molecular complexity index is 630. The van der Waals surface area contributed by atoms with Crippen molar-refractivity contribution in [3.05, 3.63) is 35.9 Å². The van der Waals surface area contributed by atoms with Gasteiger partial charge in [0.05, 0.1) is 19.8 Å². The van der Waals surface area contributed by atoms with Crippen molar-refractivity contribution in [1.29, 1.82) is 0 Å². The van der Waals surface area contributed by atoms with E-state index < -0.39 is 17.9 Å². The van der Waals surface area contributed by atoms with Crippen molar-refractivity contribution < 1.29 is 23.8 Å². The van der Waals surface area contributed by atoms with Crippen LogP contribution in [-0.4, -0.2) is 31.8 Å². The predicted octanol–water partition coefficient (Wildman–Crippen LogP) is 8.58. The van der Waals surface area contributed by atoms with E-state index in [1.165, 1.54) is 56.9 Å². The summed E-state index contributed by atoms with van der Waals surface area (Å²) >= 11 is 0. The Balaban J connectivity index is 2.29. The quantitative estimate of drug-likeness (QED) is 0.0737. The van der Waals surface area contributed by atoms with Crippen LogP contribution in [0.5, 0.6) is 0 Å². The number of carbonyl (C=O) groups is 2. The highest BCUT2D eigenvalue weighted by Crippen LogP contribution is 2.16. The Morgan fingerprint density at radius 3 is 1.59 bits per heavy atom. The van der Waals surface area contributed by atoms with Gasteiger partial charge in [-0.1, -0.05) is 128 Å². The molecule has 0 N–H and O–H groups in total. The SMILES string of the molecule is CCCCCCCCOC(=O)C(CCCCCCOCc1ccccc1)C(=O)OCCCCCCCC. The molecule has 0 radical (unpaired) electrons. The molecule has 5 heteroatoms. The first-order valence-electron chi connectivity index (χ1n) is 15.1. The van der Waals surface area contributed by atoms with E-state index in [0.29, 0.717) is 26.2 Å². The lowest BCUT2D eigenvalue weighted by atomic mass is 10.0. The minimum Gasteiger partial charge on any atom is -0.465 e. The second-order valence-electron chi connectivity index (χ2n) is 10.2. The Hall–Kier alpha value is -1.88. The van der Waals surface area contributed by atoms with Gasteiger partial charge in [0, 0.05) is 6.61 Å². The van der Waals surface area contributed by atoms with Gasteiger partial charge in [-0.15, -0.1) is 0 Å². The lowest BCUT2D eigenvalue weighted by molar-refractivity contribution is -0.162. The van der Waals surface area contributed by atoms with Gasteiger partial charge >= 0.3 is 11.9 Å². The van der Waals surface area contributed by atoms with Crippen LogP contribution in [0.4, 0.5) is 0 Å². The number of benzene rings is 1. The molecule has 0 spiro atoms. The molecule has 0 aliphatic heterocycles. The van der Waals surface area contributed by atoms with Gasteiger partial charge in [-0.3, -0.25) is 9.59 Å². The van der Waals surface area contributed by atoms with E-state index in [1.54, 1.807) is 0 Å². The first kappa shape index (κ1) is 33.1. The lowest BCUT2D eigenvalue weighted by Gasteiger charge is -2.15. The molecule has 1 aromatic rings. The van der Waals surface area contributed by atoms with Gasteiger partial charge < -0.3 is 14.2 Å². The normalized spacial score (nSPS) is 11.1. The number of esters is 2. The van der Waals surface area contributed by atoms with Crippen LogP contribution >= 0.6 is 0 Å². The second-order valence-corrected chi connectivity index (χ2v) is 10.2. The van der Waals surface area contributed by atoms with Gasteiger partial charge in [0.2, 0.25) is 0 Å². The summed E-state index contributed by atoms with van der Waals surface area (Å²) in [6, 6.07) is 10.2. The van der Waals surface area contributed by atoms with Crippen LogP contribution in [0, 0.1) is 5.92 Å². The smallest absolute Gasteiger partial charge is 0.320 e. The van der Waals surface area contributed by atoms with Gasteiger partial charge in [-0.05, 0) is 31.2 Å². The summed E-state index contributed by atoms with van der Waals surface area (Å²) in [7, 11) is 0. The third kappa shape index (κ3) is 18.9. The summed E-state index contributed by atoms with van der Waals surface area (Å²) < 4.78 is 16.7. The van der Waals surface area contributed by atoms with Crippen molar-refractivity contribution in [3.8, 4) is 0 Å². The summed E-state index contributed by atoms with van der Waals surface area (Å²) in [4.78, 5) is 25.4. The molecule has 212 valence electrons. The number of unbranched alkanes of at least 4 members (excludes halogenated alkanes) is 13. The Labute approximate surface area is 227 Å². The van der Waals surface area contributed by atoms with E-state index in [1.807, 2.05) is 18.2 Å². The summed E-state index contributed by atoms with van der Waals surface area (Å²) in [6.45, 7) is 6.55. The molecular formula is C32H54O5. The van der Waals surface area contributed by atoms with Crippen LogP contribution in [0.3, 0.4) is 0 Å². The summed E-state index contributed by atoms with van der Waals surface area (Å²) in [5, 5.41) is 0. The van der Waals surface area contributed by atoms with E-state index in [-0.39, 0.29) is 0 Å². The molecule has 0 saturated carbocycles. The average Bonchev–Trinajstić information content (AvgIpc) is 2.91. The molecule has 1 rings (SSSR count). The first-order valence-corrected chi connectivity index (χ1v) is 15.1. The molecule has 0 heterocycles. The lowest BCUT2D eigenvalue weighted by Crippen LogP contribution is -2.28. The number of ether oxygens (including phenoxy) is 3. The fraction of sp³-hybridized carbons (Fsp3) is 0.750. The summed E-state index contributed by atoms with van der Waals surface area (Å²) in [6.07, 6.45) is 17.8. The highest BCUT2D eigenvalue weighted by molar-refractivity contribution is 5.94. The maximum absolute atomic E-state index is 12.7. The molecular weight excluding hydrogens is 464 g/mol. The molecule has 0 aliphatic carbocycles. The van der Waals surface area contributed by atoms with Crippen LogP contribution in [0.2, 0.25) is 0 Å². The second kappa shape index (κ2) is 24.5. The zero-order valence-electron chi connectivity index (χ0n) is 23.9. The highest BCUT2D eigenvalue weighted by atomic mass is 16.6. The largest absolute Gasteiger partial charge is 0.465 e. The standard InChI is InChI=1S/C32H54O5/c1-3-5-7-9-12-20-26-36-31(33)30(32(34)37-27-21-13-10-8-6-4-2)24-18-11-14-19-25-35-28-29-22-16-15-17-23-29/h15-17,22-23,30H,3-14,18-21,24-28H2,1-2H3. The predicted molar refractivity (Wildman–Crippen MR) is 151 cm³/mol. The monoisotopic (exact) mass is 518 g/mol. The summed E-state index contributed by atoms with van der Waals surface area (Å²) in [5.74, 6) is -1.62. The van der Waals surface area contributed by atoms with E-state index >= 15 is 0 Å². The number of hydrogen-bond donors (Lipinski definition) is 0. The zero-order valence-corrected chi connectivity index (χ0v) is 23.9. The van der Waals surface area contributed by atoms with Crippen molar-refractivity contribution in [2.24, 2.45) is 5.92 Å². The van der Waals surface area contributed by atoms with Gasteiger partial charge in [-0.2, -0.15) is 0 Å².